The minimum Gasteiger partial charge on any atom is -0.465 e. The number of carbonyl (C=O) groups is 2. The summed E-state index contributed by atoms with van der Waals surface area (Å²) in [5, 5.41) is 9.39. The van der Waals surface area contributed by atoms with Crippen molar-refractivity contribution in [3.8, 4) is 5.75 Å². The monoisotopic (exact) mass is 362 g/mol. The van der Waals surface area contributed by atoms with Gasteiger partial charge in [-0.25, -0.2) is 9.59 Å². The summed E-state index contributed by atoms with van der Waals surface area (Å²) >= 11 is 5.78. The summed E-state index contributed by atoms with van der Waals surface area (Å²) in [5.41, 5.74) is 1.07. The molecule has 7 heteroatoms. The summed E-state index contributed by atoms with van der Waals surface area (Å²) in [6, 6.07) is 15.0. The molecule has 0 bridgehead atoms. The first kappa shape index (κ1) is 18.6. The molecule has 2 aromatic carbocycles. The van der Waals surface area contributed by atoms with Crippen molar-refractivity contribution in [1.29, 1.82) is 0 Å². The first-order chi connectivity index (χ1) is 11.9. The van der Waals surface area contributed by atoms with Gasteiger partial charge in [0.2, 0.25) is 0 Å². The van der Waals surface area contributed by atoms with E-state index in [4.69, 9.17) is 16.3 Å². The molecular formula is C18H19ClN2O4. The predicted molar refractivity (Wildman–Crippen MR) is 98.0 cm³/mol. The van der Waals surface area contributed by atoms with Gasteiger partial charge in [-0.05, 0) is 31.2 Å². The lowest BCUT2D eigenvalue weighted by Crippen LogP contribution is -2.38. The Balaban J connectivity index is 2.18. The van der Waals surface area contributed by atoms with Crippen LogP contribution < -0.4 is 14.5 Å². The van der Waals surface area contributed by atoms with Crippen LogP contribution in [-0.2, 0) is 0 Å². The van der Waals surface area contributed by atoms with Crippen molar-refractivity contribution in [1.82, 2.24) is 0 Å². The van der Waals surface area contributed by atoms with Crippen LogP contribution in [0.15, 0.2) is 54.6 Å². The normalized spacial score (nSPS) is 11.5. The van der Waals surface area contributed by atoms with Gasteiger partial charge in [-0.1, -0.05) is 24.3 Å². The number of nitrogens with zero attached hydrogens (tertiary/aromatic N) is 2. The summed E-state index contributed by atoms with van der Waals surface area (Å²) < 4.78 is 5.35. The molecule has 0 aliphatic heterocycles. The second kappa shape index (κ2) is 8.39. The summed E-state index contributed by atoms with van der Waals surface area (Å²) in [5.74, 6) is 0.394. The Morgan fingerprint density at radius 2 is 1.76 bits per heavy atom. The van der Waals surface area contributed by atoms with Crippen LogP contribution in [0, 0.1) is 0 Å². The number of para-hydroxylation sites is 1. The van der Waals surface area contributed by atoms with Crippen molar-refractivity contribution in [3.63, 3.8) is 0 Å². The highest BCUT2D eigenvalue weighted by atomic mass is 35.5. The number of hydrogen-bond acceptors (Lipinski definition) is 3. The number of rotatable bonds is 5. The molecule has 1 N–H and O–H groups in total. The van der Waals surface area contributed by atoms with E-state index in [-0.39, 0.29) is 11.6 Å². The fourth-order valence-corrected chi connectivity index (χ4v) is 2.38. The smallest absolute Gasteiger partial charge is 0.419 e. The summed E-state index contributed by atoms with van der Waals surface area (Å²) in [6.07, 6.45) is -1.70. The van der Waals surface area contributed by atoms with Crippen molar-refractivity contribution in [2.24, 2.45) is 0 Å². The highest BCUT2D eigenvalue weighted by molar-refractivity contribution is 6.18. The van der Waals surface area contributed by atoms with Gasteiger partial charge in [0.15, 0.2) is 0 Å². The number of amides is 2. The van der Waals surface area contributed by atoms with E-state index in [1.807, 2.05) is 18.2 Å². The van der Waals surface area contributed by atoms with Gasteiger partial charge >= 0.3 is 12.2 Å². The molecule has 0 fully saturated rings. The molecule has 25 heavy (non-hydrogen) atoms. The fourth-order valence-electron chi connectivity index (χ4n) is 2.25. The molecule has 0 aliphatic carbocycles. The summed E-state index contributed by atoms with van der Waals surface area (Å²) in [4.78, 5) is 26.2. The zero-order chi connectivity index (χ0) is 18.4. The van der Waals surface area contributed by atoms with E-state index in [2.05, 4.69) is 0 Å². The molecule has 0 aliphatic rings. The molecule has 2 amide bonds. The molecule has 0 saturated heterocycles. The van der Waals surface area contributed by atoms with Crippen molar-refractivity contribution in [2.45, 2.75) is 13.0 Å². The number of anilines is 2. The molecule has 1 unspecified atom stereocenters. The van der Waals surface area contributed by atoms with Gasteiger partial charge in [-0.3, -0.25) is 9.80 Å². The number of ether oxygens (including phenoxy) is 1. The second-order valence-corrected chi connectivity index (χ2v) is 5.72. The zero-order valence-electron chi connectivity index (χ0n) is 13.9. The Morgan fingerprint density at radius 1 is 1.12 bits per heavy atom. The minimum absolute atomic E-state index is 0.146. The van der Waals surface area contributed by atoms with E-state index in [0.717, 1.165) is 4.90 Å². The molecule has 2 aromatic rings. The Kier molecular flexibility index (Phi) is 6.25. The standard InChI is InChI=1S/C18H19ClN2O4/c1-13(12-19)21(17(22)23)15-9-6-10-16(11-15)25-18(24)20(2)14-7-4-3-5-8-14/h3-11,13H,12H2,1-2H3,(H,22,23). The first-order valence-corrected chi connectivity index (χ1v) is 8.16. The molecule has 132 valence electrons. The van der Waals surface area contributed by atoms with Crippen molar-refractivity contribution < 1.29 is 19.4 Å². The van der Waals surface area contributed by atoms with Gasteiger partial charge in [0, 0.05) is 24.7 Å². The van der Waals surface area contributed by atoms with Crippen LogP contribution in [0.2, 0.25) is 0 Å². The molecule has 1 atom stereocenters. The third-order valence-corrected chi connectivity index (χ3v) is 4.04. The highest BCUT2D eigenvalue weighted by Crippen LogP contribution is 2.24. The quantitative estimate of drug-likeness (QED) is 0.798. The minimum atomic E-state index is -1.13. The van der Waals surface area contributed by atoms with Crippen molar-refractivity contribution in [2.75, 3.05) is 22.7 Å². The second-order valence-electron chi connectivity index (χ2n) is 5.42. The SMILES string of the molecule is CC(CCl)N(C(=O)O)c1cccc(OC(=O)N(C)c2ccccc2)c1. The molecule has 0 radical (unpaired) electrons. The van der Waals surface area contributed by atoms with Crippen LogP contribution in [0.1, 0.15) is 6.92 Å². The number of carbonyl (C=O) groups excluding carboxylic acids is 1. The fraction of sp³-hybridized carbons (Fsp3) is 0.222. The lowest BCUT2D eigenvalue weighted by atomic mass is 10.2. The van der Waals surface area contributed by atoms with E-state index in [9.17, 15) is 14.7 Å². The highest BCUT2D eigenvalue weighted by Gasteiger charge is 2.21. The van der Waals surface area contributed by atoms with Gasteiger partial charge in [-0.2, -0.15) is 0 Å². The van der Waals surface area contributed by atoms with Gasteiger partial charge in [0.25, 0.3) is 0 Å². The van der Waals surface area contributed by atoms with Crippen LogP contribution in [0.3, 0.4) is 0 Å². The first-order valence-electron chi connectivity index (χ1n) is 7.62. The predicted octanol–water partition coefficient (Wildman–Crippen LogP) is 4.43. The van der Waals surface area contributed by atoms with Gasteiger partial charge < -0.3 is 9.84 Å². The van der Waals surface area contributed by atoms with Crippen molar-refractivity contribution in [3.05, 3.63) is 54.6 Å². The Morgan fingerprint density at radius 3 is 2.36 bits per heavy atom. The topological polar surface area (TPSA) is 70.1 Å². The molecule has 2 rings (SSSR count). The van der Waals surface area contributed by atoms with Gasteiger partial charge in [-0.15, -0.1) is 11.6 Å². The average Bonchev–Trinajstić information content (AvgIpc) is 2.61. The maximum Gasteiger partial charge on any atom is 0.419 e. The van der Waals surface area contributed by atoms with E-state index >= 15 is 0 Å². The Bertz CT molecular complexity index is 739. The van der Waals surface area contributed by atoms with Crippen LogP contribution in [-0.4, -0.2) is 36.3 Å². The molecular weight excluding hydrogens is 344 g/mol. The summed E-state index contributed by atoms with van der Waals surface area (Å²) in [7, 11) is 1.60. The number of benzene rings is 2. The van der Waals surface area contributed by atoms with E-state index < -0.39 is 18.2 Å². The molecule has 0 aromatic heterocycles. The van der Waals surface area contributed by atoms with E-state index in [1.165, 1.54) is 11.0 Å². The van der Waals surface area contributed by atoms with Gasteiger partial charge in [0.1, 0.15) is 5.75 Å². The average molecular weight is 363 g/mol. The van der Waals surface area contributed by atoms with Crippen molar-refractivity contribution >= 4 is 35.2 Å². The largest absolute Gasteiger partial charge is 0.465 e. The molecule has 0 heterocycles. The van der Waals surface area contributed by atoms with Crippen LogP contribution in [0.5, 0.6) is 5.75 Å². The Hall–Kier alpha value is -2.73. The van der Waals surface area contributed by atoms with E-state index in [0.29, 0.717) is 11.4 Å². The maximum atomic E-state index is 12.3. The van der Waals surface area contributed by atoms with Crippen LogP contribution in [0.25, 0.3) is 0 Å². The number of carboxylic acid groups (broad SMARTS) is 1. The molecule has 0 saturated carbocycles. The summed E-state index contributed by atoms with van der Waals surface area (Å²) in [6.45, 7) is 1.70. The third-order valence-electron chi connectivity index (χ3n) is 3.59. The lowest BCUT2D eigenvalue weighted by molar-refractivity contribution is 0.200. The Labute approximate surface area is 151 Å². The van der Waals surface area contributed by atoms with Crippen LogP contribution in [0.4, 0.5) is 21.0 Å². The molecule has 0 spiro atoms. The third kappa shape index (κ3) is 4.64. The maximum absolute atomic E-state index is 12.3. The number of halogens is 1. The number of hydrogen-bond donors (Lipinski definition) is 1. The van der Waals surface area contributed by atoms with Crippen LogP contribution >= 0.6 is 11.6 Å². The molecule has 6 nitrogen and oxygen atoms in total. The van der Waals surface area contributed by atoms with E-state index in [1.54, 1.807) is 44.3 Å². The van der Waals surface area contributed by atoms with Gasteiger partial charge in [0.05, 0.1) is 11.7 Å². The lowest BCUT2D eigenvalue weighted by Gasteiger charge is -2.25. The number of alkyl halides is 1. The zero-order valence-corrected chi connectivity index (χ0v) is 14.7.